The van der Waals surface area contributed by atoms with E-state index < -0.39 is 11.7 Å². The third-order valence-corrected chi connectivity index (χ3v) is 4.47. The van der Waals surface area contributed by atoms with Gasteiger partial charge in [-0.05, 0) is 17.7 Å². The Hall–Kier alpha value is -2.88. The molecule has 4 aromatic rings. The van der Waals surface area contributed by atoms with Crippen LogP contribution in [0.25, 0.3) is 22.6 Å². The first kappa shape index (κ1) is 16.6. The molecule has 26 heavy (non-hydrogen) atoms. The molecule has 0 unspecified atom stereocenters. The highest BCUT2D eigenvalue weighted by molar-refractivity contribution is 7.98. The summed E-state index contributed by atoms with van der Waals surface area (Å²) >= 11 is 1.16. The average Bonchev–Trinajstić information content (AvgIpc) is 3.28. The molecule has 1 N–H and O–H groups in total. The molecule has 3 heterocycles. The molecule has 6 nitrogen and oxygen atoms in total. The van der Waals surface area contributed by atoms with Crippen molar-refractivity contribution in [3.8, 4) is 11.6 Å². The van der Waals surface area contributed by atoms with Gasteiger partial charge in [0.1, 0.15) is 17.7 Å². The van der Waals surface area contributed by atoms with Crippen molar-refractivity contribution in [2.24, 2.45) is 0 Å². The van der Waals surface area contributed by atoms with Gasteiger partial charge in [-0.15, -0.1) is 10.2 Å². The van der Waals surface area contributed by atoms with Crippen LogP contribution in [0.2, 0.25) is 0 Å². The summed E-state index contributed by atoms with van der Waals surface area (Å²) in [6.45, 7) is 0. The van der Waals surface area contributed by atoms with E-state index in [1.807, 2.05) is 0 Å². The molecule has 0 spiro atoms. The van der Waals surface area contributed by atoms with Crippen LogP contribution in [0, 0.1) is 0 Å². The van der Waals surface area contributed by atoms with Gasteiger partial charge in [0.05, 0.1) is 10.9 Å². The first-order chi connectivity index (χ1) is 12.5. The molecule has 0 saturated carbocycles. The van der Waals surface area contributed by atoms with Crippen molar-refractivity contribution in [1.82, 2.24) is 25.1 Å². The van der Waals surface area contributed by atoms with Crippen molar-refractivity contribution < 1.29 is 17.6 Å². The van der Waals surface area contributed by atoms with Gasteiger partial charge in [0.15, 0.2) is 0 Å². The molecule has 10 heteroatoms. The summed E-state index contributed by atoms with van der Waals surface area (Å²) in [7, 11) is 0. The maximum absolute atomic E-state index is 12.8. The number of H-pyrrole nitrogens is 1. The Bertz CT molecular complexity index is 1060. The lowest BCUT2D eigenvalue weighted by molar-refractivity contribution is -0.137. The predicted molar refractivity (Wildman–Crippen MR) is 88.2 cm³/mol. The number of alkyl halides is 3. The van der Waals surface area contributed by atoms with Crippen molar-refractivity contribution in [3.05, 3.63) is 54.0 Å². The molecule has 0 aliphatic rings. The number of aromatic amines is 1. The first-order valence-electron chi connectivity index (χ1n) is 7.41. The van der Waals surface area contributed by atoms with Gasteiger partial charge >= 0.3 is 6.18 Å². The highest BCUT2D eigenvalue weighted by Crippen LogP contribution is 2.32. The van der Waals surface area contributed by atoms with Crippen LogP contribution in [0.4, 0.5) is 13.2 Å². The third kappa shape index (κ3) is 3.27. The maximum atomic E-state index is 12.8. The van der Waals surface area contributed by atoms with Gasteiger partial charge < -0.3 is 9.40 Å². The quantitative estimate of drug-likeness (QED) is 0.534. The number of nitrogens with one attached hydrogen (secondary N) is 1. The fourth-order valence-electron chi connectivity index (χ4n) is 2.39. The topological polar surface area (TPSA) is 80.5 Å². The van der Waals surface area contributed by atoms with E-state index in [-0.39, 0.29) is 16.9 Å². The van der Waals surface area contributed by atoms with Crippen LogP contribution in [0.3, 0.4) is 0 Å². The predicted octanol–water partition coefficient (Wildman–Crippen LogP) is 4.32. The smallest absolute Gasteiger partial charge is 0.410 e. The Morgan fingerprint density at radius 2 is 2.00 bits per heavy atom. The first-order valence-corrected chi connectivity index (χ1v) is 8.40. The molecule has 0 aliphatic carbocycles. The molecule has 0 bridgehead atoms. The minimum Gasteiger partial charge on any atom is -0.410 e. The molecule has 1 aromatic carbocycles. The Balaban J connectivity index is 1.52. The Morgan fingerprint density at radius 3 is 2.85 bits per heavy atom. The molecule has 0 radical (unpaired) electrons. The standard InChI is InChI=1S/C16H10F3N5OS/c17-16(18,19)10-3-1-2-9(6-10)7-26-15-24-23-14(25-15)12-11-4-5-20-13(11)22-8-21-12/h1-6,8H,7H2,(H,20,21,22). The molecular formula is C16H10F3N5OS. The highest BCUT2D eigenvalue weighted by atomic mass is 32.2. The zero-order valence-corrected chi connectivity index (χ0v) is 13.8. The summed E-state index contributed by atoms with van der Waals surface area (Å²) in [4.78, 5) is 11.2. The van der Waals surface area contributed by atoms with E-state index in [1.54, 1.807) is 18.3 Å². The Morgan fingerprint density at radius 1 is 1.12 bits per heavy atom. The van der Waals surface area contributed by atoms with Crippen LogP contribution in [-0.4, -0.2) is 25.1 Å². The van der Waals surface area contributed by atoms with Crippen molar-refractivity contribution in [2.45, 2.75) is 17.2 Å². The number of hydrogen-bond acceptors (Lipinski definition) is 6. The zero-order valence-electron chi connectivity index (χ0n) is 13.0. The number of halogens is 3. The van der Waals surface area contributed by atoms with Crippen LogP contribution in [-0.2, 0) is 11.9 Å². The number of thioether (sulfide) groups is 1. The lowest BCUT2D eigenvalue weighted by Gasteiger charge is -2.07. The Labute approximate surface area is 148 Å². The summed E-state index contributed by atoms with van der Waals surface area (Å²) in [5, 5.41) is 8.88. The molecule has 0 amide bonds. The van der Waals surface area contributed by atoms with Gasteiger partial charge in [-0.3, -0.25) is 0 Å². The zero-order chi connectivity index (χ0) is 18.1. The summed E-state index contributed by atoms with van der Waals surface area (Å²) < 4.78 is 43.9. The molecule has 132 valence electrons. The molecule has 0 atom stereocenters. The lowest BCUT2D eigenvalue weighted by atomic mass is 10.1. The van der Waals surface area contributed by atoms with Gasteiger partial charge in [0.25, 0.3) is 11.1 Å². The second-order valence-corrected chi connectivity index (χ2v) is 6.25. The van der Waals surface area contributed by atoms with E-state index in [0.29, 0.717) is 16.9 Å². The fourth-order valence-corrected chi connectivity index (χ4v) is 3.10. The number of fused-ring (bicyclic) bond motifs is 1. The van der Waals surface area contributed by atoms with Crippen LogP contribution >= 0.6 is 11.8 Å². The summed E-state index contributed by atoms with van der Waals surface area (Å²) in [5.74, 6) is 0.498. The van der Waals surface area contributed by atoms with Crippen molar-refractivity contribution >= 4 is 22.8 Å². The fraction of sp³-hybridized carbons (Fsp3) is 0.125. The second kappa shape index (κ2) is 6.45. The van der Waals surface area contributed by atoms with E-state index in [4.69, 9.17) is 4.42 Å². The van der Waals surface area contributed by atoms with Gasteiger partial charge in [-0.25, -0.2) is 9.97 Å². The van der Waals surface area contributed by atoms with E-state index in [1.165, 1.54) is 12.4 Å². The number of rotatable bonds is 4. The molecule has 3 aromatic heterocycles. The average molecular weight is 377 g/mol. The van der Waals surface area contributed by atoms with E-state index >= 15 is 0 Å². The van der Waals surface area contributed by atoms with Gasteiger partial charge in [-0.2, -0.15) is 13.2 Å². The third-order valence-electron chi connectivity index (χ3n) is 3.58. The summed E-state index contributed by atoms with van der Waals surface area (Å²) in [6.07, 6.45) is -1.26. The van der Waals surface area contributed by atoms with Gasteiger partial charge in [0.2, 0.25) is 0 Å². The summed E-state index contributed by atoms with van der Waals surface area (Å²) in [6, 6.07) is 6.94. The number of hydrogen-bond donors (Lipinski definition) is 1. The number of benzene rings is 1. The summed E-state index contributed by atoms with van der Waals surface area (Å²) in [5.41, 5.74) is 0.971. The molecule has 0 aliphatic heterocycles. The van der Waals surface area contributed by atoms with Crippen molar-refractivity contribution in [3.63, 3.8) is 0 Å². The van der Waals surface area contributed by atoms with Gasteiger partial charge in [-0.1, -0.05) is 30.0 Å². The van der Waals surface area contributed by atoms with Crippen LogP contribution in [0.15, 0.2) is 52.5 Å². The Kier molecular flexibility index (Phi) is 4.11. The normalized spacial score (nSPS) is 12.0. The van der Waals surface area contributed by atoms with Crippen molar-refractivity contribution in [1.29, 1.82) is 0 Å². The van der Waals surface area contributed by atoms with E-state index in [2.05, 4.69) is 25.1 Å². The minimum absolute atomic E-state index is 0.226. The van der Waals surface area contributed by atoms with E-state index in [0.717, 1.165) is 29.3 Å². The second-order valence-electron chi connectivity index (χ2n) is 5.32. The number of nitrogens with zero attached hydrogens (tertiary/aromatic N) is 4. The van der Waals surface area contributed by atoms with Crippen molar-refractivity contribution in [2.75, 3.05) is 0 Å². The highest BCUT2D eigenvalue weighted by Gasteiger charge is 2.30. The molecule has 0 fully saturated rings. The van der Waals surface area contributed by atoms with Crippen LogP contribution in [0.1, 0.15) is 11.1 Å². The van der Waals surface area contributed by atoms with E-state index in [9.17, 15) is 13.2 Å². The molecular weight excluding hydrogens is 367 g/mol. The molecule has 4 rings (SSSR count). The van der Waals surface area contributed by atoms with Crippen LogP contribution in [0.5, 0.6) is 0 Å². The van der Waals surface area contributed by atoms with Gasteiger partial charge in [0, 0.05) is 11.9 Å². The molecule has 0 saturated heterocycles. The maximum Gasteiger partial charge on any atom is 0.416 e. The largest absolute Gasteiger partial charge is 0.416 e. The number of aromatic nitrogens is 5. The monoisotopic (exact) mass is 377 g/mol. The SMILES string of the molecule is FC(F)(F)c1cccc(CSc2nnc(-c3ncnc4[nH]ccc34)o2)c1. The van der Waals surface area contributed by atoms with Crippen LogP contribution < -0.4 is 0 Å². The lowest BCUT2D eigenvalue weighted by Crippen LogP contribution is -2.04. The minimum atomic E-state index is -4.37.